The summed E-state index contributed by atoms with van der Waals surface area (Å²) in [5, 5.41) is 14.4. The minimum absolute atomic E-state index is 0.304. The van der Waals surface area contributed by atoms with E-state index in [4.69, 9.17) is 0 Å². The van der Waals surface area contributed by atoms with Crippen LogP contribution in [-0.4, -0.2) is 33.9 Å². The van der Waals surface area contributed by atoms with E-state index in [1.165, 1.54) is 31.0 Å². The largest absolute Gasteiger partial charge is 0.508 e. The molecule has 2 heterocycles. The zero-order chi connectivity index (χ0) is 16.1. The fourth-order valence-corrected chi connectivity index (χ4v) is 3.43. The van der Waals surface area contributed by atoms with Gasteiger partial charge in [0.05, 0.1) is 5.69 Å². The summed E-state index contributed by atoms with van der Waals surface area (Å²) in [4.78, 5) is 8.73. The average Bonchev–Trinajstić information content (AvgIpc) is 2.60. The Morgan fingerprint density at radius 3 is 3.00 bits per heavy atom. The predicted molar refractivity (Wildman–Crippen MR) is 94.9 cm³/mol. The third-order valence-corrected chi connectivity index (χ3v) is 4.85. The van der Waals surface area contributed by atoms with Crippen molar-refractivity contribution in [1.82, 2.24) is 15.3 Å². The van der Waals surface area contributed by atoms with Gasteiger partial charge in [-0.3, -0.25) is 0 Å². The smallest absolute Gasteiger partial charge is 0.187 e. The third-order valence-electron chi connectivity index (χ3n) is 4.28. The van der Waals surface area contributed by atoms with Crippen LogP contribution in [0.2, 0.25) is 0 Å². The minimum Gasteiger partial charge on any atom is -0.508 e. The highest BCUT2D eigenvalue weighted by atomic mass is 32.2. The van der Waals surface area contributed by atoms with Crippen molar-refractivity contribution < 1.29 is 5.11 Å². The van der Waals surface area contributed by atoms with Crippen LogP contribution in [0.5, 0.6) is 5.75 Å². The molecule has 0 spiro atoms. The molecule has 0 aliphatic carbocycles. The molecule has 122 valence electrons. The van der Waals surface area contributed by atoms with E-state index in [0.29, 0.717) is 11.8 Å². The van der Waals surface area contributed by atoms with Gasteiger partial charge in [-0.05, 0) is 68.3 Å². The molecule has 4 nitrogen and oxygen atoms in total. The number of aromatic hydroxyl groups is 1. The zero-order valence-corrected chi connectivity index (χ0v) is 14.3. The zero-order valence-electron chi connectivity index (χ0n) is 13.5. The number of thioether (sulfide) groups is 1. The minimum atomic E-state index is 0.304. The van der Waals surface area contributed by atoms with Gasteiger partial charge in [-0.2, -0.15) is 0 Å². The number of piperidine rings is 1. The number of phenolic OH excluding ortho intramolecular Hbond substituents is 1. The van der Waals surface area contributed by atoms with Gasteiger partial charge < -0.3 is 10.4 Å². The molecule has 2 aromatic rings. The van der Waals surface area contributed by atoms with E-state index in [1.54, 1.807) is 12.3 Å². The lowest BCUT2D eigenvalue weighted by atomic mass is 9.96. The van der Waals surface area contributed by atoms with E-state index in [2.05, 4.69) is 21.4 Å². The standard InChI is InChI=1S/C18H23N3OS/c1-23-18-20-9-7-17(21-18)14-10-13(11-16(22)12-14)5-6-15-4-2-3-8-19-15/h7,9-12,15,19,22H,2-6,8H2,1H3. The average molecular weight is 329 g/mol. The summed E-state index contributed by atoms with van der Waals surface area (Å²) in [7, 11) is 0. The number of nitrogens with one attached hydrogen (secondary N) is 1. The molecule has 1 unspecified atom stereocenters. The van der Waals surface area contributed by atoms with Crippen LogP contribution in [0.25, 0.3) is 11.3 Å². The van der Waals surface area contributed by atoms with Gasteiger partial charge in [0.2, 0.25) is 0 Å². The maximum Gasteiger partial charge on any atom is 0.187 e. The van der Waals surface area contributed by atoms with E-state index in [9.17, 15) is 5.11 Å². The van der Waals surface area contributed by atoms with Crippen LogP contribution >= 0.6 is 11.8 Å². The molecule has 1 fully saturated rings. The number of phenols is 1. The second-order valence-electron chi connectivity index (χ2n) is 6.00. The molecule has 1 aliphatic rings. The van der Waals surface area contributed by atoms with Gasteiger partial charge in [0.15, 0.2) is 5.16 Å². The lowest BCUT2D eigenvalue weighted by molar-refractivity contribution is 0.382. The van der Waals surface area contributed by atoms with Crippen molar-refractivity contribution >= 4 is 11.8 Å². The number of nitrogens with zero attached hydrogens (tertiary/aromatic N) is 2. The van der Waals surface area contributed by atoms with Gasteiger partial charge in [-0.15, -0.1) is 0 Å². The van der Waals surface area contributed by atoms with E-state index in [1.807, 2.05) is 18.4 Å². The molecule has 0 amide bonds. The highest BCUT2D eigenvalue weighted by molar-refractivity contribution is 7.98. The van der Waals surface area contributed by atoms with Crippen LogP contribution in [0, 0.1) is 0 Å². The number of benzene rings is 1. The quantitative estimate of drug-likeness (QED) is 0.648. The number of hydrogen-bond acceptors (Lipinski definition) is 5. The Hall–Kier alpha value is -1.59. The molecule has 1 aromatic heterocycles. The van der Waals surface area contributed by atoms with Crippen molar-refractivity contribution in [1.29, 1.82) is 0 Å². The van der Waals surface area contributed by atoms with Gasteiger partial charge in [0, 0.05) is 17.8 Å². The van der Waals surface area contributed by atoms with Crippen LogP contribution in [0.1, 0.15) is 31.2 Å². The normalized spacial score (nSPS) is 18.0. The highest BCUT2D eigenvalue weighted by Gasteiger charge is 2.13. The van der Waals surface area contributed by atoms with E-state index < -0.39 is 0 Å². The molecule has 0 bridgehead atoms. The number of rotatable bonds is 5. The van der Waals surface area contributed by atoms with E-state index >= 15 is 0 Å². The Morgan fingerprint density at radius 2 is 2.22 bits per heavy atom. The molecule has 5 heteroatoms. The Morgan fingerprint density at radius 1 is 1.30 bits per heavy atom. The van der Waals surface area contributed by atoms with Crippen molar-refractivity contribution in [2.75, 3.05) is 12.8 Å². The lowest BCUT2D eigenvalue weighted by Crippen LogP contribution is -2.34. The Kier molecular flexibility index (Phi) is 5.51. The summed E-state index contributed by atoms with van der Waals surface area (Å²) in [6, 6.07) is 8.27. The number of hydrogen-bond donors (Lipinski definition) is 2. The van der Waals surface area contributed by atoms with Gasteiger partial charge in [0.25, 0.3) is 0 Å². The fraction of sp³-hybridized carbons (Fsp3) is 0.444. The summed E-state index contributed by atoms with van der Waals surface area (Å²) in [5.41, 5.74) is 2.98. The van der Waals surface area contributed by atoms with Crippen LogP contribution in [0.4, 0.5) is 0 Å². The first-order valence-corrected chi connectivity index (χ1v) is 9.41. The fourth-order valence-electron chi connectivity index (χ4n) is 3.08. The summed E-state index contributed by atoms with van der Waals surface area (Å²) < 4.78 is 0. The van der Waals surface area contributed by atoms with Crippen molar-refractivity contribution in [2.24, 2.45) is 0 Å². The Balaban J connectivity index is 1.75. The number of aromatic nitrogens is 2. The molecule has 1 atom stereocenters. The monoisotopic (exact) mass is 329 g/mol. The van der Waals surface area contributed by atoms with E-state index in [-0.39, 0.29) is 0 Å². The van der Waals surface area contributed by atoms with Gasteiger partial charge in [-0.1, -0.05) is 18.2 Å². The molecule has 3 rings (SSSR count). The molecular weight excluding hydrogens is 306 g/mol. The van der Waals surface area contributed by atoms with Gasteiger partial charge in [0.1, 0.15) is 5.75 Å². The first-order chi connectivity index (χ1) is 11.2. The van der Waals surface area contributed by atoms with Crippen molar-refractivity contribution in [3.05, 3.63) is 36.0 Å². The molecule has 0 saturated carbocycles. The molecule has 2 N–H and O–H groups in total. The molecule has 1 saturated heterocycles. The summed E-state index contributed by atoms with van der Waals surface area (Å²) in [6.45, 7) is 1.13. The molecule has 23 heavy (non-hydrogen) atoms. The van der Waals surface area contributed by atoms with Crippen LogP contribution in [0.3, 0.4) is 0 Å². The Labute approximate surface area is 141 Å². The summed E-state index contributed by atoms with van der Waals surface area (Å²) in [6.07, 6.45) is 9.69. The van der Waals surface area contributed by atoms with Crippen LogP contribution < -0.4 is 5.32 Å². The van der Waals surface area contributed by atoms with Crippen LogP contribution in [-0.2, 0) is 6.42 Å². The topological polar surface area (TPSA) is 58.0 Å². The first-order valence-electron chi connectivity index (χ1n) is 8.18. The maximum absolute atomic E-state index is 10.1. The predicted octanol–water partition coefficient (Wildman–Crippen LogP) is 3.65. The molecule has 0 radical (unpaired) electrons. The van der Waals surface area contributed by atoms with E-state index in [0.717, 1.165) is 41.4 Å². The summed E-state index contributed by atoms with van der Waals surface area (Å²) >= 11 is 1.52. The molecule has 1 aromatic carbocycles. The third kappa shape index (κ3) is 4.45. The van der Waals surface area contributed by atoms with Crippen molar-refractivity contribution in [3.8, 4) is 17.0 Å². The highest BCUT2D eigenvalue weighted by Crippen LogP contribution is 2.26. The number of aryl methyl sites for hydroxylation is 1. The summed E-state index contributed by atoms with van der Waals surface area (Å²) in [5.74, 6) is 0.304. The maximum atomic E-state index is 10.1. The van der Waals surface area contributed by atoms with Gasteiger partial charge in [-0.25, -0.2) is 9.97 Å². The van der Waals surface area contributed by atoms with Crippen LogP contribution in [0.15, 0.2) is 35.6 Å². The second-order valence-corrected chi connectivity index (χ2v) is 6.78. The Bertz CT molecular complexity index is 656. The molecule has 1 aliphatic heterocycles. The van der Waals surface area contributed by atoms with Crippen molar-refractivity contribution in [3.63, 3.8) is 0 Å². The lowest BCUT2D eigenvalue weighted by Gasteiger charge is -2.23. The SMILES string of the molecule is CSc1nccc(-c2cc(O)cc(CCC3CCCCN3)c2)n1. The van der Waals surface area contributed by atoms with Gasteiger partial charge >= 0.3 is 0 Å². The van der Waals surface area contributed by atoms with Crippen molar-refractivity contribution in [2.45, 2.75) is 43.3 Å². The first kappa shape index (κ1) is 16.3. The molecular formula is C18H23N3OS. The second kappa shape index (κ2) is 7.79.